The number of amides is 1. The molecule has 1 aromatic heterocycles. The Hall–Kier alpha value is -3.15. The molecule has 1 atom stereocenters. The zero-order valence-electron chi connectivity index (χ0n) is 16.4. The molecule has 1 N–H and O–H groups in total. The van der Waals surface area contributed by atoms with E-state index < -0.39 is 0 Å². The van der Waals surface area contributed by atoms with E-state index in [1.54, 1.807) is 26.2 Å². The van der Waals surface area contributed by atoms with Gasteiger partial charge in [-0.3, -0.25) is 9.78 Å². The number of benzene rings is 2. The van der Waals surface area contributed by atoms with Crippen LogP contribution in [0.2, 0.25) is 0 Å². The molecular formula is C22H23FN2O3. The predicted octanol–water partition coefficient (Wildman–Crippen LogP) is 4.58. The van der Waals surface area contributed by atoms with Crippen LogP contribution in [-0.4, -0.2) is 24.6 Å². The molecule has 0 saturated heterocycles. The molecule has 0 bridgehead atoms. The molecule has 1 heterocycles. The highest BCUT2D eigenvalue weighted by atomic mass is 19.1. The summed E-state index contributed by atoms with van der Waals surface area (Å²) in [4.78, 5) is 17.2. The normalized spacial score (nSPS) is 11.9. The Bertz CT molecular complexity index is 1020. The summed E-state index contributed by atoms with van der Waals surface area (Å²) in [5, 5.41) is 3.70. The molecule has 146 valence electrons. The first-order chi connectivity index (χ1) is 13.4. The summed E-state index contributed by atoms with van der Waals surface area (Å²) < 4.78 is 24.3. The van der Waals surface area contributed by atoms with Crippen molar-refractivity contribution < 1.29 is 18.7 Å². The molecule has 2 aromatic carbocycles. The number of carbonyl (C=O) groups excluding carboxylic acids is 1. The van der Waals surface area contributed by atoms with E-state index in [1.807, 2.05) is 32.0 Å². The summed E-state index contributed by atoms with van der Waals surface area (Å²) in [6.45, 7) is 6.08. The van der Waals surface area contributed by atoms with E-state index in [-0.39, 0.29) is 17.8 Å². The fourth-order valence-electron chi connectivity index (χ4n) is 3.05. The highest BCUT2D eigenvalue weighted by Crippen LogP contribution is 2.30. The zero-order valence-corrected chi connectivity index (χ0v) is 16.4. The maximum atomic E-state index is 13.4. The fraction of sp³-hybridized carbons (Fsp3) is 0.273. The number of methoxy groups -OCH3 is 1. The highest BCUT2D eigenvalue weighted by molar-refractivity contribution is 5.98. The van der Waals surface area contributed by atoms with Gasteiger partial charge in [-0.05, 0) is 56.7 Å². The molecule has 28 heavy (non-hydrogen) atoms. The van der Waals surface area contributed by atoms with Crippen molar-refractivity contribution in [1.82, 2.24) is 10.3 Å². The molecule has 0 spiro atoms. The van der Waals surface area contributed by atoms with Crippen LogP contribution >= 0.6 is 0 Å². The summed E-state index contributed by atoms with van der Waals surface area (Å²) in [7, 11) is 1.58. The Morgan fingerprint density at radius 1 is 1.18 bits per heavy atom. The van der Waals surface area contributed by atoms with Gasteiger partial charge < -0.3 is 14.8 Å². The lowest BCUT2D eigenvalue weighted by Crippen LogP contribution is -2.27. The van der Waals surface area contributed by atoms with E-state index in [1.165, 1.54) is 12.1 Å². The van der Waals surface area contributed by atoms with E-state index >= 15 is 0 Å². The molecule has 0 fully saturated rings. The molecule has 0 saturated carbocycles. The van der Waals surface area contributed by atoms with Crippen molar-refractivity contribution >= 4 is 16.8 Å². The molecule has 6 heteroatoms. The molecule has 3 rings (SSSR count). The van der Waals surface area contributed by atoms with E-state index in [9.17, 15) is 9.18 Å². The van der Waals surface area contributed by atoms with Gasteiger partial charge in [-0.15, -0.1) is 0 Å². The third-order valence-corrected chi connectivity index (χ3v) is 4.55. The topological polar surface area (TPSA) is 60.5 Å². The second-order valence-electron chi connectivity index (χ2n) is 6.50. The number of rotatable bonds is 6. The maximum absolute atomic E-state index is 13.4. The summed E-state index contributed by atoms with van der Waals surface area (Å²) in [5.41, 5.74) is 2.43. The average molecular weight is 382 g/mol. The second-order valence-corrected chi connectivity index (χ2v) is 6.50. The lowest BCUT2D eigenvalue weighted by atomic mass is 10.1. The van der Waals surface area contributed by atoms with E-state index in [0.717, 1.165) is 5.56 Å². The number of ether oxygens (including phenoxy) is 2. The molecule has 3 aromatic rings. The van der Waals surface area contributed by atoms with Gasteiger partial charge in [0, 0.05) is 11.5 Å². The molecule has 1 unspecified atom stereocenters. The SMILES string of the molecule is CCOc1ccc(C(C)NC(=O)c2cc3ccc(F)cc3nc2C)cc1OC. The first-order valence-electron chi connectivity index (χ1n) is 9.11. The van der Waals surface area contributed by atoms with Gasteiger partial charge in [-0.2, -0.15) is 0 Å². The van der Waals surface area contributed by atoms with Crippen LogP contribution in [0.15, 0.2) is 42.5 Å². The number of carbonyl (C=O) groups is 1. The number of halogens is 1. The number of nitrogens with one attached hydrogen (secondary N) is 1. The van der Waals surface area contributed by atoms with Crippen molar-refractivity contribution in [3.8, 4) is 11.5 Å². The smallest absolute Gasteiger partial charge is 0.253 e. The zero-order chi connectivity index (χ0) is 20.3. The Morgan fingerprint density at radius 3 is 2.68 bits per heavy atom. The van der Waals surface area contributed by atoms with Gasteiger partial charge in [-0.1, -0.05) is 6.07 Å². The summed E-state index contributed by atoms with van der Waals surface area (Å²) in [6.07, 6.45) is 0. The van der Waals surface area contributed by atoms with Crippen LogP contribution in [0.25, 0.3) is 10.9 Å². The van der Waals surface area contributed by atoms with E-state index in [2.05, 4.69) is 10.3 Å². The van der Waals surface area contributed by atoms with Gasteiger partial charge in [0.05, 0.1) is 36.5 Å². The maximum Gasteiger partial charge on any atom is 0.253 e. The molecular weight excluding hydrogens is 359 g/mol. The Labute approximate surface area is 163 Å². The van der Waals surface area contributed by atoms with Crippen LogP contribution in [-0.2, 0) is 0 Å². The first-order valence-corrected chi connectivity index (χ1v) is 9.11. The van der Waals surface area contributed by atoms with Crippen LogP contribution in [0.1, 0.15) is 41.5 Å². The lowest BCUT2D eigenvalue weighted by Gasteiger charge is -2.17. The number of fused-ring (bicyclic) bond motifs is 1. The van der Waals surface area contributed by atoms with Crippen molar-refractivity contribution in [2.24, 2.45) is 0 Å². The van der Waals surface area contributed by atoms with E-state index in [0.29, 0.717) is 40.3 Å². The summed E-state index contributed by atoms with van der Waals surface area (Å²) >= 11 is 0. The van der Waals surface area contributed by atoms with Crippen molar-refractivity contribution in [3.05, 3.63) is 65.1 Å². The molecule has 0 aliphatic carbocycles. The summed E-state index contributed by atoms with van der Waals surface area (Å²) in [6, 6.07) is 11.4. The molecule has 0 aliphatic heterocycles. The minimum absolute atomic E-state index is 0.239. The fourth-order valence-corrected chi connectivity index (χ4v) is 3.05. The number of hydrogen-bond donors (Lipinski definition) is 1. The van der Waals surface area contributed by atoms with Gasteiger partial charge in [0.2, 0.25) is 0 Å². The third-order valence-electron chi connectivity index (χ3n) is 4.55. The van der Waals surface area contributed by atoms with Crippen LogP contribution < -0.4 is 14.8 Å². The Kier molecular flexibility index (Phi) is 5.78. The quantitative estimate of drug-likeness (QED) is 0.678. The predicted molar refractivity (Wildman–Crippen MR) is 106 cm³/mol. The second kappa shape index (κ2) is 8.25. The van der Waals surface area contributed by atoms with Crippen LogP contribution in [0.4, 0.5) is 4.39 Å². The van der Waals surface area contributed by atoms with Gasteiger partial charge in [-0.25, -0.2) is 4.39 Å². The molecule has 0 radical (unpaired) electrons. The minimum atomic E-state index is -0.352. The lowest BCUT2D eigenvalue weighted by molar-refractivity contribution is 0.0939. The largest absolute Gasteiger partial charge is 0.493 e. The van der Waals surface area contributed by atoms with Gasteiger partial charge >= 0.3 is 0 Å². The van der Waals surface area contributed by atoms with Crippen LogP contribution in [0.5, 0.6) is 11.5 Å². The van der Waals surface area contributed by atoms with E-state index in [4.69, 9.17) is 9.47 Å². The van der Waals surface area contributed by atoms with Crippen molar-refractivity contribution in [2.75, 3.05) is 13.7 Å². The first kappa shape index (κ1) is 19.6. The standard InChI is InChI=1S/C22H23FN2O3/c1-5-28-20-9-7-15(11-21(20)27-4)13(2)25-22(26)18-10-16-6-8-17(23)12-19(16)24-14(18)3/h6-13H,5H2,1-4H3,(H,25,26). The van der Waals surface area contributed by atoms with Crippen LogP contribution in [0, 0.1) is 12.7 Å². The molecule has 0 aliphatic rings. The molecule has 5 nitrogen and oxygen atoms in total. The van der Waals surface area contributed by atoms with Gasteiger partial charge in [0.1, 0.15) is 5.82 Å². The van der Waals surface area contributed by atoms with Crippen molar-refractivity contribution in [2.45, 2.75) is 26.8 Å². The van der Waals surface area contributed by atoms with Gasteiger partial charge in [0.25, 0.3) is 5.91 Å². The van der Waals surface area contributed by atoms with Crippen LogP contribution in [0.3, 0.4) is 0 Å². The number of nitrogens with zero attached hydrogens (tertiary/aromatic N) is 1. The van der Waals surface area contributed by atoms with Crippen molar-refractivity contribution in [3.63, 3.8) is 0 Å². The number of hydrogen-bond acceptors (Lipinski definition) is 4. The number of pyridine rings is 1. The Balaban J connectivity index is 1.83. The number of aryl methyl sites for hydroxylation is 1. The third kappa shape index (κ3) is 4.06. The summed E-state index contributed by atoms with van der Waals surface area (Å²) in [5.74, 6) is 0.686. The minimum Gasteiger partial charge on any atom is -0.493 e. The Morgan fingerprint density at radius 2 is 1.96 bits per heavy atom. The monoisotopic (exact) mass is 382 g/mol. The average Bonchev–Trinajstić information content (AvgIpc) is 2.67. The molecule has 1 amide bonds. The highest BCUT2D eigenvalue weighted by Gasteiger charge is 2.17. The van der Waals surface area contributed by atoms with Gasteiger partial charge in [0.15, 0.2) is 11.5 Å². The number of aromatic nitrogens is 1. The van der Waals surface area contributed by atoms with Crippen molar-refractivity contribution in [1.29, 1.82) is 0 Å².